The van der Waals surface area contributed by atoms with E-state index in [0.717, 1.165) is 59.0 Å². The quantitative estimate of drug-likeness (QED) is 0.241. The van der Waals surface area contributed by atoms with Gasteiger partial charge in [0, 0.05) is 47.4 Å². The van der Waals surface area contributed by atoms with Crippen LogP contribution in [0.15, 0.2) is 59.1 Å². The van der Waals surface area contributed by atoms with Crippen LogP contribution in [0.2, 0.25) is 10.0 Å². The van der Waals surface area contributed by atoms with Gasteiger partial charge in [0.05, 0.1) is 15.6 Å². The molecule has 1 aliphatic carbocycles. The number of fused-ring (bicyclic) bond motifs is 3. The van der Waals surface area contributed by atoms with Crippen molar-refractivity contribution >= 4 is 45.6 Å². The molecule has 2 N–H and O–H groups in total. The average molecular weight is 562 g/mol. The lowest BCUT2D eigenvalue weighted by Crippen LogP contribution is -2.49. The smallest absolute Gasteiger partial charge is 0.335 e. The molecule has 7 rings (SSSR count). The van der Waals surface area contributed by atoms with Gasteiger partial charge in [0.2, 0.25) is 0 Å². The lowest BCUT2D eigenvalue weighted by atomic mass is 9.95. The first-order valence-corrected chi connectivity index (χ1v) is 14.4. The Balaban J connectivity index is 1.09. The molecule has 3 aliphatic rings. The highest BCUT2D eigenvalue weighted by Gasteiger charge is 2.41. The van der Waals surface area contributed by atoms with Crippen LogP contribution in [0.5, 0.6) is 0 Å². The van der Waals surface area contributed by atoms with E-state index >= 15 is 0 Å². The zero-order chi connectivity index (χ0) is 26.7. The number of carboxylic acid groups (broad SMARTS) is 1. The van der Waals surface area contributed by atoms with E-state index in [1.165, 1.54) is 18.5 Å². The number of nitrogens with zero attached hydrogens (tertiary/aromatic N) is 2. The van der Waals surface area contributed by atoms with Gasteiger partial charge >= 0.3 is 5.97 Å². The monoisotopic (exact) mass is 561 g/mol. The van der Waals surface area contributed by atoms with Crippen molar-refractivity contribution < 1.29 is 14.4 Å². The second-order valence-corrected chi connectivity index (χ2v) is 12.0. The Bertz CT molecular complexity index is 1550. The van der Waals surface area contributed by atoms with Gasteiger partial charge in [-0.25, -0.2) is 4.79 Å². The molecule has 1 aromatic heterocycles. The maximum Gasteiger partial charge on any atom is 0.335 e. The molecular weight excluding hydrogens is 533 g/mol. The van der Waals surface area contributed by atoms with Gasteiger partial charge in [0.1, 0.15) is 11.5 Å². The number of benzene rings is 3. The number of aromatic nitrogens is 1. The third-order valence-electron chi connectivity index (χ3n) is 8.64. The Labute approximate surface area is 236 Å². The number of nitrogens with one attached hydrogen (secondary N) is 1. The van der Waals surface area contributed by atoms with Crippen molar-refractivity contribution in [1.82, 2.24) is 10.5 Å². The highest BCUT2D eigenvalue weighted by molar-refractivity contribution is 6.39. The minimum Gasteiger partial charge on any atom is -0.478 e. The van der Waals surface area contributed by atoms with Crippen molar-refractivity contribution in [2.45, 2.75) is 69.1 Å². The van der Waals surface area contributed by atoms with Crippen molar-refractivity contribution in [1.29, 1.82) is 0 Å². The number of carboxylic acids is 1. The van der Waals surface area contributed by atoms with Crippen molar-refractivity contribution in [3.8, 4) is 11.3 Å². The predicted molar refractivity (Wildman–Crippen MR) is 154 cm³/mol. The van der Waals surface area contributed by atoms with Gasteiger partial charge in [0.15, 0.2) is 0 Å². The van der Waals surface area contributed by atoms with E-state index in [2.05, 4.69) is 27.5 Å². The Hall–Kier alpha value is -3.06. The molecule has 39 heavy (non-hydrogen) atoms. The first-order valence-electron chi connectivity index (χ1n) is 13.7. The summed E-state index contributed by atoms with van der Waals surface area (Å²) in [7, 11) is 0. The van der Waals surface area contributed by atoms with Gasteiger partial charge in [0.25, 0.3) is 0 Å². The molecular formula is C31H29Cl2N3O3. The summed E-state index contributed by atoms with van der Waals surface area (Å²) in [5.41, 5.74) is 4.12. The fourth-order valence-electron chi connectivity index (χ4n) is 6.62. The third kappa shape index (κ3) is 4.58. The lowest BCUT2D eigenvalue weighted by Gasteiger charge is -2.41. The summed E-state index contributed by atoms with van der Waals surface area (Å²) in [5.74, 6) is 0.504. The topological polar surface area (TPSA) is 78.6 Å². The molecule has 6 nitrogen and oxygen atoms in total. The maximum absolute atomic E-state index is 11.4. The number of carbonyl (C=O) groups is 1. The summed E-state index contributed by atoms with van der Waals surface area (Å²) < 4.78 is 5.86. The minimum absolute atomic E-state index is 0.319. The second-order valence-electron chi connectivity index (χ2n) is 11.1. The molecule has 2 bridgehead atoms. The molecule has 0 radical (unpaired) electrons. The second kappa shape index (κ2) is 9.84. The highest BCUT2D eigenvalue weighted by atomic mass is 35.5. The van der Waals surface area contributed by atoms with Crippen molar-refractivity contribution in [3.63, 3.8) is 0 Å². The summed E-state index contributed by atoms with van der Waals surface area (Å²) in [6, 6.07) is 18.6. The minimum atomic E-state index is -0.897. The van der Waals surface area contributed by atoms with Gasteiger partial charge in [-0.15, -0.1) is 0 Å². The van der Waals surface area contributed by atoms with Gasteiger partial charge in [-0.1, -0.05) is 46.6 Å². The van der Waals surface area contributed by atoms with Crippen LogP contribution in [0.25, 0.3) is 22.0 Å². The molecule has 8 heteroatoms. The van der Waals surface area contributed by atoms with Crippen molar-refractivity contribution in [2.24, 2.45) is 0 Å². The van der Waals surface area contributed by atoms with Crippen LogP contribution in [0.3, 0.4) is 0 Å². The molecule has 2 atom stereocenters. The number of aromatic carboxylic acids is 1. The number of anilines is 1. The lowest BCUT2D eigenvalue weighted by molar-refractivity contribution is 0.0697. The Kier molecular flexibility index (Phi) is 6.30. The van der Waals surface area contributed by atoms with Crippen LogP contribution in [-0.2, 0) is 6.54 Å². The molecule has 2 unspecified atom stereocenters. The van der Waals surface area contributed by atoms with Gasteiger partial charge in [-0.3, -0.25) is 0 Å². The molecule has 3 heterocycles. The first kappa shape index (κ1) is 24.9. The van der Waals surface area contributed by atoms with E-state index in [1.54, 1.807) is 12.1 Å². The largest absolute Gasteiger partial charge is 0.478 e. The predicted octanol–water partition coefficient (Wildman–Crippen LogP) is 7.67. The zero-order valence-electron chi connectivity index (χ0n) is 21.4. The standard InChI is InChI=1S/C31H29Cl2N3O3/c32-26-2-1-3-27(33)28(26)29-25(30(39-35-29)17-4-5-17)16-34-21-14-23-10-11-24(15-21)36(23)22-9-8-18-12-20(31(37)38)7-6-19(18)13-22/h1-3,6-9,12-13,17,21,23-24,34H,4-5,10-11,14-16H2,(H,37,38). The SMILES string of the molecule is O=C(O)c1ccc2cc(N3C4CCC3CC(NCc3c(-c5c(Cl)cccc5Cl)noc3C3CC3)C4)ccc2c1. The fraction of sp³-hybridized carbons (Fsp3) is 0.355. The van der Waals surface area contributed by atoms with Crippen LogP contribution in [0, 0.1) is 0 Å². The molecule has 1 saturated carbocycles. The van der Waals surface area contributed by atoms with Gasteiger partial charge in [-0.05, 0) is 85.7 Å². The molecule has 2 saturated heterocycles. The molecule has 3 aromatic carbocycles. The summed E-state index contributed by atoms with van der Waals surface area (Å²) in [4.78, 5) is 13.9. The number of hydrogen-bond acceptors (Lipinski definition) is 5. The zero-order valence-corrected chi connectivity index (χ0v) is 22.9. The van der Waals surface area contributed by atoms with Crippen LogP contribution < -0.4 is 10.2 Å². The number of rotatable bonds is 7. The van der Waals surface area contributed by atoms with Crippen molar-refractivity contribution in [2.75, 3.05) is 4.90 Å². The van der Waals surface area contributed by atoms with E-state index in [9.17, 15) is 9.90 Å². The Morgan fingerprint density at radius 3 is 2.36 bits per heavy atom. The molecule has 2 aliphatic heterocycles. The van der Waals surface area contributed by atoms with E-state index in [1.807, 2.05) is 30.3 Å². The van der Waals surface area contributed by atoms with Crippen LogP contribution in [0.1, 0.15) is 66.1 Å². The van der Waals surface area contributed by atoms with E-state index in [0.29, 0.717) is 46.2 Å². The molecule has 0 amide bonds. The summed E-state index contributed by atoms with van der Waals surface area (Å²) in [5, 5.41) is 20.8. The van der Waals surface area contributed by atoms with E-state index in [-0.39, 0.29) is 0 Å². The van der Waals surface area contributed by atoms with E-state index < -0.39 is 5.97 Å². The van der Waals surface area contributed by atoms with Gasteiger partial charge in [-0.2, -0.15) is 0 Å². The van der Waals surface area contributed by atoms with Crippen LogP contribution >= 0.6 is 23.2 Å². The molecule has 200 valence electrons. The number of piperidine rings is 1. The van der Waals surface area contributed by atoms with Crippen LogP contribution in [0.4, 0.5) is 5.69 Å². The van der Waals surface area contributed by atoms with Crippen molar-refractivity contribution in [3.05, 3.63) is 81.5 Å². The first-order chi connectivity index (χ1) is 19.0. The Morgan fingerprint density at radius 1 is 0.974 bits per heavy atom. The van der Waals surface area contributed by atoms with Crippen LogP contribution in [-0.4, -0.2) is 34.4 Å². The molecule has 4 aromatic rings. The fourth-order valence-corrected chi connectivity index (χ4v) is 7.19. The molecule has 3 fully saturated rings. The normalized spacial score (nSPS) is 22.5. The summed E-state index contributed by atoms with van der Waals surface area (Å²) >= 11 is 13.1. The third-order valence-corrected chi connectivity index (χ3v) is 9.27. The average Bonchev–Trinajstić information content (AvgIpc) is 3.63. The molecule has 0 spiro atoms. The number of halogens is 2. The highest BCUT2D eigenvalue weighted by Crippen LogP contribution is 2.46. The Morgan fingerprint density at radius 2 is 1.67 bits per heavy atom. The maximum atomic E-state index is 11.4. The summed E-state index contributed by atoms with van der Waals surface area (Å²) in [6.07, 6.45) is 6.75. The summed E-state index contributed by atoms with van der Waals surface area (Å²) in [6.45, 7) is 0.679. The number of hydrogen-bond donors (Lipinski definition) is 2. The van der Waals surface area contributed by atoms with Gasteiger partial charge < -0.3 is 19.8 Å². The van der Waals surface area contributed by atoms with E-state index in [4.69, 9.17) is 27.7 Å².